The molecule has 0 bridgehead atoms. The summed E-state index contributed by atoms with van der Waals surface area (Å²) >= 11 is 0. The predicted octanol–water partition coefficient (Wildman–Crippen LogP) is 6.55. The molecule has 0 spiro atoms. The monoisotopic (exact) mass is 443 g/mol. The highest BCUT2D eigenvalue weighted by Gasteiger charge is 2.18. The summed E-state index contributed by atoms with van der Waals surface area (Å²) in [6, 6.07) is 18.7. The number of benzene rings is 3. The van der Waals surface area contributed by atoms with Crippen LogP contribution in [0.1, 0.15) is 65.9 Å². The smallest absolute Gasteiger partial charge is 0.265 e. The first-order chi connectivity index (χ1) is 15.5. The number of nitrogens with one attached hydrogen (secondary N) is 1. The van der Waals surface area contributed by atoms with E-state index >= 15 is 0 Å². The summed E-state index contributed by atoms with van der Waals surface area (Å²) in [6.07, 6.45) is -0.686. The van der Waals surface area contributed by atoms with Crippen LogP contribution in [0.2, 0.25) is 0 Å². The van der Waals surface area contributed by atoms with Crippen LogP contribution in [0.25, 0.3) is 0 Å². The Kier molecular flexibility index (Phi) is 7.06. The van der Waals surface area contributed by atoms with Crippen LogP contribution in [0.5, 0.6) is 5.75 Å². The van der Waals surface area contributed by atoms with E-state index in [4.69, 9.17) is 4.74 Å². The fourth-order valence-corrected chi connectivity index (χ4v) is 3.64. The topological polar surface area (TPSA) is 55.4 Å². The van der Waals surface area contributed by atoms with Crippen molar-refractivity contribution in [3.05, 3.63) is 94.0 Å². The van der Waals surface area contributed by atoms with Crippen molar-refractivity contribution >= 4 is 17.4 Å². The van der Waals surface area contributed by atoms with E-state index in [1.54, 1.807) is 31.2 Å². The van der Waals surface area contributed by atoms with E-state index < -0.39 is 6.10 Å². The molecule has 1 N–H and O–H groups in total. The first-order valence-corrected chi connectivity index (χ1v) is 11.3. The van der Waals surface area contributed by atoms with Crippen molar-refractivity contribution in [2.24, 2.45) is 0 Å². The first-order valence-electron chi connectivity index (χ1n) is 11.3. The van der Waals surface area contributed by atoms with Gasteiger partial charge in [-0.25, -0.2) is 0 Å². The zero-order chi connectivity index (χ0) is 24.3. The highest BCUT2D eigenvalue weighted by atomic mass is 16.5. The summed E-state index contributed by atoms with van der Waals surface area (Å²) in [5.41, 5.74) is 6.13. The maximum absolute atomic E-state index is 13.0. The molecule has 4 nitrogen and oxygen atoms in total. The molecule has 0 radical (unpaired) electrons. The Morgan fingerprint density at radius 1 is 0.879 bits per heavy atom. The number of amides is 1. The summed E-state index contributed by atoms with van der Waals surface area (Å²) < 4.78 is 5.95. The number of rotatable bonds is 6. The molecule has 1 amide bonds. The Morgan fingerprint density at radius 3 is 2.18 bits per heavy atom. The minimum atomic E-state index is -0.686. The average molecular weight is 444 g/mol. The summed E-state index contributed by atoms with van der Waals surface area (Å²) in [5, 5.41) is 2.87. The van der Waals surface area contributed by atoms with Crippen molar-refractivity contribution < 1.29 is 14.3 Å². The normalized spacial score (nSPS) is 12.2. The number of hydrogen-bond donors (Lipinski definition) is 1. The van der Waals surface area contributed by atoms with E-state index in [1.807, 2.05) is 51.1 Å². The molecular formula is C29H33NO3. The molecule has 0 aliphatic carbocycles. The van der Waals surface area contributed by atoms with Gasteiger partial charge in [-0.2, -0.15) is 0 Å². The van der Waals surface area contributed by atoms with Crippen molar-refractivity contribution in [3.63, 3.8) is 0 Å². The molecule has 3 rings (SSSR count). The van der Waals surface area contributed by atoms with Gasteiger partial charge >= 0.3 is 0 Å². The van der Waals surface area contributed by atoms with Crippen molar-refractivity contribution in [3.8, 4) is 5.75 Å². The summed E-state index contributed by atoms with van der Waals surface area (Å²) in [7, 11) is 0. The van der Waals surface area contributed by atoms with Crippen LogP contribution in [0.3, 0.4) is 0 Å². The number of hydrogen-bond acceptors (Lipinski definition) is 3. The van der Waals surface area contributed by atoms with Crippen LogP contribution in [0.4, 0.5) is 5.69 Å². The molecule has 1 unspecified atom stereocenters. The van der Waals surface area contributed by atoms with E-state index in [-0.39, 0.29) is 17.1 Å². The van der Waals surface area contributed by atoms with Gasteiger partial charge in [0.1, 0.15) is 5.75 Å². The van der Waals surface area contributed by atoms with Gasteiger partial charge in [0.2, 0.25) is 0 Å². The molecule has 172 valence electrons. The lowest BCUT2D eigenvalue weighted by molar-refractivity contribution is -0.122. The molecule has 33 heavy (non-hydrogen) atoms. The fourth-order valence-electron chi connectivity index (χ4n) is 3.64. The van der Waals surface area contributed by atoms with Gasteiger partial charge < -0.3 is 10.1 Å². The number of carbonyl (C=O) groups is 2. The maximum atomic E-state index is 13.0. The minimum absolute atomic E-state index is 0.0280. The van der Waals surface area contributed by atoms with E-state index in [9.17, 15) is 9.59 Å². The number of carbonyl (C=O) groups excluding carboxylic acids is 2. The summed E-state index contributed by atoms with van der Waals surface area (Å²) in [6.45, 7) is 14.2. The van der Waals surface area contributed by atoms with Crippen LogP contribution in [0, 0.1) is 20.8 Å². The third-order valence-corrected chi connectivity index (χ3v) is 5.84. The van der Waals surface area contributed by atoms with Crippen LogP contribution in [-0.4, -0.2) is 17.8 Å². The second-order valence-electron chi connectivity index (χ2n) is 9.69. The Labute approximate surface area is 197 Å². The van der Waals surface area contributed by atoms with Crippen LogP contribution >= 0.6 is 0 Å². The summed E-state index contributed by atoms with van der Waals surface area (Å²) in [4.78, 5) is 25.7. The molecule has 3 aromatic rings. The van der Waals surface area contributed by atoms with E-state index in [1.165, 1.54) is 5.56 Å². The fraction of sp³-hybridized carbons (Fsp3) is 0.310. The van der Waals surface area contributed by atoms with Gasteiger partial charge in [0.15, 0.2) is 11.9 Å². The summed E-state index contributed by atoms with van der Waals surface area (Å²) in [5.74, 6) is 0.354. The van der Waals surface area contributed by atoms with Crippen molar-refractivity contribution in [2.75, 3.05) is 5.32 Å². The third kappa shape index (κ3) is 5.89. The number of aryl methyl sites for hydroxylation is 2. The lowest BCUT2D eigenvalue weighted by Gasteiger charge is -2.19. The molecule has 0 aromatic heterocycles. The maximum Gasteiger partial charge on any atom is 0.265 e. The van der Waals surface area contributed by atoms with Gasteiger partial charge in [-0.05, 0) is 73.6 Å². The van der Waals surface area contributed by atoms with Crippen molar-refractivity contribution in [1.29, 1.82) is 0 Å². The van der Waals surface area contributed by atoms with Gasteiger partial charge in [0.25, 0.3) is 5.91 Å². The largest absolute Gasteiger partial charge is 0.481 e. The number of ketones is 1. The minimum Gasteiger partial charge on any atom is -0.481 e. The van der Waals surface area contributed by atoms with Gasteiger partial charge in [-0.3, -0.25) is 9.59 Å². The highest BCUT2D eigenvalue weighted by Crippen LogP contribution is 2.25. The molecule has 0 aliphatic heterocycles. The van der Waals surface area contributed by atoms with Crippen LogP contribution in [0.15, 0.2) is 60.7 Å². The molecule has 3 aromatic carbocycles. The molecule has 1 atom stereocenters. The van der Waals surface area contributed by atoms with E-state index in [2.05, 4.69) is 32.2 Å². The molecule has 0 saturated carbocycles. The van der Waals surface area contributed by atoms with Crippen LogP contribution in [-0.2, 0) is 10.2 Å². The standard InChI is InChI=1S/C29H33NO3/c1-18-15-19(2)20(3)26(16-18)33-21(4)28(32)30-25-10-8-9-23(17-25)27(31)22-11-13-24(14-12-22)29(5,6)7/h8-17,21H,1-7H3,(H,30,32). The Morgan fingerprint density at radius 2 is 1.55 bits per heavy atom. The van der Waals surface area contributed by atoms with E-state index in [0.717, 1.165) is 16.7 Å². The average Bonchev–Trinajstić information content (AvgIpc) is 2.76. The molecule has 4 heteroatoms. The first kappa shape index (κ1) is 24.2. The second kappa shape index (κ2) is 9.62. The highest BCUT2D eigenvalue weighted by molar-refractivity contribution is 6.09. The molecule has 0 saturated heterocycles. The third-order valence-electron chi connectivity index (χ3n) is 5.84. The van der Waals surface area contributed by atoms with Gasteiger partial charge in [0.05, 0.1) is 0 Å². The molecule has 0 heterocycles. The Bertz CT molecular complexity index is 1170. The molecule has 0 aliphatic rings. The number of ether oxygens (including phenoxy) is 1. The SMILES string of the molecule is Cc1cc(C)c(C)c(OC(C)C(=O)Nc2cccc(C(=O)c3ccc(C(C)(C)C)cc3)c2)c1. The van der Waals surface area contributed by atoms with Crippen molar-refractivity contribution in [1.82, 2.24) is 0 Å². The molecular weight excluding hydrogens is 410 g/mol. The van der Waals surface area contributed by atoms with Crippen LogP contribution < -0.4 is 10.1 Å². The van der Waals surface area contributed by atoms with Gasteiger partial charge in [-0.1, -0.05) is 63.2 Å². The molecule has 0 fully saturated rings. The zero-order valence-electron chi connectivity index (χ0n) is 20.6. The lowest BCUT2D eigenvalue weighted by atomic mass is 9.86. The van der Waals surface area contributed by atoms with E-state index in [0.29, 0.717) is 22.6 Å². The second-order valence-corrected chi connectivity index (χ2v) is 9.69. The van der Waals surface area contributed by atoms with Gasteiger partial charge in [-0.15, -0.1) is 0 Å². The Balaban J connectivity index is 1.72. The van der Waals surface area contributed by atoms with Gasteiger partial charge in [0, 0.05) is 16.8 Å². The number of anilines is 1. The predicted molar refractivity (Wildman–Crippen MR) is 134 cm³/mol. The lowest BCUT2D eigenvalue weighted by Crippen LogP contribution is -2.30. The quantitative estimate of drug-likeness (QED) is 0.440. The Hall–Kier alpha value is -3.40. The van der Waals surface area contributed by atoms with Crippen molar-refractivity contribution in [2.45, 2.75) is 60.0 Å². The zero-order valence-corrected chi connectivity index (χ0v) is 20.6.